The van der Waals surface area contributed by atoms with Gasteiger partial charge in [-0.1, -0.05) is 18.2 Å². The van der Waals surface area contributed by atoms with E-state index >= 15 is 0 Å². The van der Waals surface area contributed by atoms with Crippen LogP contribution in [0.4, 0.5) is 11.6 Å². The lowest BCUT2D eigenvalue weighted by molar-refractivity contribution is 0.0946. The van der Waals surface area contributed by atoms with Gasteiger partial charge in [0.25, 0.3) is 5.91 Å². The molecule has 3 aromatic rings. The highest BCUT2D eigenvalue weighted by atomic mass is 16.1. The average Bonchev–Trinajstić information content (AvgIpc) is 3.11. The second kappa shape index (κ2) is 6.68. The molecule has 0 atom stereocenters. The Morgan fingerprint density at radius 2 is 1.92 bits per heavy atom. The molecule has 1 amide bonds. The molecule has 124 valence electrons. The van der Waals surface area contributed by atoms with Crippen molar-refractivity contribution in [2.45, 2.75) is 13.0 Å². The molecule has 1 aliphatic rings. The van der Waals surface area contributed by atoms with Crippen molar-refractivity contribution < 1.29 is 4.79 Å². The molecule has 0 fully saturated rings. The van der Waals surface area contributed by atoms with Crippen LogP contribution in [0.25, 0.3) is 0 Å². The minimum absolute atomic E-state index is 0.215. The maximum Gasteiger partial charge on any atom is 0.270 e. The Bertz CT molecular complexity index is 897. The van der Waals surface area contributed by atoms with Crippen LogP contribution in [0.3, 0.4) is 0 Å². The molecule has 4 rings (SSSR count). The molecule has 3 heterocycles. The van der Waals surface area contributed by atoms with Crippen molar-refractivity contribution in [2.24, 2.45) is 0 Å². The number of hydrogen-bond donors (Lipinski definition) is 1. The number of aromatic nitrogens is 3. The Hall–Kier alpha value is -3.28. The normalized spacial score (nSPS) is 12.7. The monoisotopic (exact) mass is 331 g/mol. The molecule has 0 spiro atoms. The number of fused-ring (bicyclic) bond motifs is 1. The lowest BCUT2D eigenvalue weighted by Crippen LogP contribution is -2.25. The zero-order chi connectivity index (χ0) is 17.1. The van der Waals surface area contributed by atoms with Crippen LogP contribution < -0.4 is 10.2 Å². The summed E-state index contributed by atoms with van der Waals surface area (Å²) >= 11 is 0. The predicted octanol–water partition coefficient (Wildman–Crippen LogP) is 2.50. The van der Waals surface area contributed by atoms with E-state index in [0.717, 1.165) is 24.2 Å². The number of anilines is 2. The minimum Gasteiger partial charge on any atom is -0.347 e. The van der Waals surface area contributed by atoms with E-state index in [4.69, 9.17) is 0 Å². The fraction of sp³-hybridized carbons (Fsp3) is 0.158. The van der Waals surface area contributed by atoms with Crippen molar-refractivity contribution in [3.05, 3.63) is 77.9 Å². The number of rotatable bonds is 4. The number of carbonyl (C=O) groups excluding carboxylic acids is 1. The van der Waals surface area contributed by atoms with Gasteiger partial charge in [0, 0.05) is 37.4 Å². The molecule has 1 aliphatic heterocycles. The molecule has 0 bridgehead atoms. The van der Waals surface area contributed by atoms with Gasteiger partial charge in [-0.25, -0.2) is 9.97 Å². The highest BCUT2D eigenvalue weighted by Crippen LogP contribution is 2.31. The lowest BCUT2D eigenvalue weighted by atomic mass is 10.2. The summed E-state index contributed by atoms with van der Waals surface area (Å²) in [6, 6.07) is 13.6. The highest BCUT2D eigenvalue weighted by molar-refractivity contribution is 5.92. The van der Waals surface area contributed by atoms with Gasteiger partial charge in [-0.2, -0.15) is 0 Å². The van der Waals surface area contributed by atoms with E-state index in [1.54, 1.807) is 24.7 Å². The predicted molar refractivity (Wildman–Crippen MR) is 94.6 cm³/mol. The first-order valence-electron chi connectivity index (χ1n) is 8.17. The number of amides is 1. The minimum atomic E-state index is -0.215. The van der Waals surface area contributed by atoms with Gasteiger partial charge in [0.05, 0.1) is 0 Å². The van der Waals surface area contributed by atoms with Crippen LogP contribution in [0.5, 0.6) is 0 Å². The molecule has 25 heavy (non-hydrogen) atoms. The molecular weight excluding hydrogens is 314 g/mol. The second-order valence-corrected chi connectivity index (χ2v) is 5.81. The van der Waals surface area contributed by atoms with Gasteiger partial charge in [0.1, 0.15) is 5.69 Å². The molecule has 1 N–H and O–H groups in total. The quantitative estimate of drug-likeness (QED) is 0.795. The Morgan fingerprint density at radius 3 is 2.80 bits per heavy atom. The zero-order valence-corrected chi connectivity index (χ0v) is 13.6. The lowest BCUT2D eigenvalue weighted by Gasteiger charge is -2.17. The topological polar surface area (TPSA) is 71.0 Å². The third-order valence-electron chi connectivity index (χ3n) is 4.21. The van der Waals surface area contributed by atoms with E-state index in [2.05, 4.69) is 37.3 Å². The number of nitrogens with one attached hydrogen (secondary N) is 1. The van der Waals surface area contributed by atoms with Crippen LogP contribution in [0.15, 0.2) is 61.1 Å². The number of para-hydroxylation sites is 1. The van der Waals surface area contributed by atoms with Gasteiger partial charge in [-0.3, -0.25) is 9.78 Å². The first-order chi connectivity index (χ1) is 12.3. The molecule has 0 unspecified atom stereocenters. The third-order valence-corrected chi connectivity index (χ3v) is 4.21. The summed E-state index contributed by atoms with van der Waals surface area (Å²) in [6.45, 7) is 1.26. The smallest absolute Gasteiger partial charge is 0.270 e. The van der Waals surface area contributed by atoms with E-state index in [1.165, 1.54) is 5.56 Å². The maximum atomic E-state index is 12.4. The number of pyridine rings is 1. The van der Waals surface area contributed by atoms with Crippen LogP contribution in [0.1, 0.15) is 21.6 Å². The third kappa shape index (κ3) is 3.19. The SMILES string of the molecule is O=C(NCc1ccncc1)c1ccnc(N2CCc3ccccc32)n1. The molecule has 1 aromatic carbocycles. The van der Waals surface area contributed by atoms with Crippen molar-refractivity contribution in [1.82, 2.24) is 20.3 Å². The van der Waals surface area contributed by atoms with Crippen molar-refractivity contribution in [3.63, 3.8) is 0 Å². The molecule has 0 saturated carbocycles. The first-order valence-corrected chi connectivity index (χ1v) is 8.17. The summed E-state index contributed by atoms with van der Waals surface area (Å²) in [5, 5.41) is 2.88. The van der Waals surface area contributed by atoms with E-state index in [1.807, 2.05) is 24.3 Å². The molecule has 2 aromatic heterocycles. The molecule has 0 aliphatic carbocycles. The summed E-state index contributed by atoms with van der Waals surface area (Å²) in [7, 11) is 0. The van der Waals surface area contributed by atoms with Gasteiger partial charge >= 0.3 is 0 Å². The van der Waals surface area contributed by atoms with Crippen LogP contribution in [0.2, 0.25) is 0 Å². The second-order valence-electron chi connectivity index (χ2n) is 5.81. The number of nitrogens with zero attached hydrogens (tertiary/aromatic N) is 4. The first kappa shape index (κ1) is 15.3. The fourth-order valence-corrected chi connectivity index (χ4v) is 2.92. The average molecular weight is 331 g/mol. The van der Waals surface area contributed by atoms with Crippen LogP contribution in [-0.2, 0) is 13.0 Å². The van der Waals surface area contributed by atoms with Gasteiger partial charge in [-0.15, -0.1) is 0 Å². The highest BCUT2D eigenvalue weighted by Gasteiger charge is 2.22. The molecule has 6 heteroatoms. The van der Waals surface area contributed by atoms with Gasteiger partial charge in [0.15, 0.2) is 0 Å². The van der Waals surface area contributed by atoms with Crippen molar-refractivity contribution in [2.75, 3.05) is 11.4 Å². The Balaban J connectivity index is 1.51. The summed E-state index contributed by atoms with van der Waals surface area (Å²) in [5.74, 6) is 0.342. The van der Waals surface area contributed by atoms with Crippen LogP contribution in [0, 0.1) is 0 Å². The Labute approximate surface area is 145 Å². The van der Waals surface area contributed by atoms with Gasteiger partial charge in [0.2, 0.25) is 5.95 Å². The summed E-state index contributed by atoms with van der Waals surface area (Å²) < 4.78 is 0. The molecular formula is C19H17N5O. The maximum absolute atomic E-state index is 12.4. The number of hydrogen-bond acceptors (Lipinski definition) is 5. The molecule has 0 saturated heterocycles. The van der Waals surface area contributed by atoms with E-state index in [0.29, 0.717) is 18.2 Å². The number of benzene rings is 1. The Kier molecular flexibility index (Phi) is 4.08. The summed E-state index contributed by atoms with van der Waals surface area (Å²) in [4.78, 5) is 27.2. The van der Waals surface area contributed by atoms with E-state index in [9.17, 15) is 4.79 Å². The Morgan fingerprint density at radius 1 is 1.08 bits per heavy atom. The van der Waals surface area contributed by atoms with Crippen molar-refractivity contribution in [1.29, 1.82) is 0 Å². The summed E-state index contributed by atoms with van der Waals surface area (Å²) in [5.41, 5.74) is 3.74. The zero-order valence-electron chi connectivity index (χ0n) is 13.6. The standard InChI is InChI=1S/C19H17N5O/c25-18(22-13-14-5-9-20-10-6-14)16-7-11-21-19(23-16)24-12-8-15-3-1-2-4-17(15)24/h1-7,9-11H,8,12-13H2,(H,22,25). The van der Waals surface area contributed by atoms with Crippen molar-refractivity contribution in [3.8, 4) is 0 Å². The van der Waals surface area contributed by atoms with Gasteiger partial charge in [-0.05, 0) is 41.8 Å². The van der Waals surface area contributed by atoms with Crippen molar-refractivity contribution >= 4 is 17.5 Å². The largest absolute Gasteiger partial charge is 0.347 e. The van der Waals surface area contributed by atoms with Gasteiger partial charge < -0.3 is 10.2 Å². The van der Waals surface area contributed by atoms with Crippen LogP contribution >= 0.6 is 0 Å². The van der Waals surface area contributed by atoms with E-state index in [-0.39, 0.29) is 5.91 Å². The van der Waals surface area contributed by atoms with Crippen LogP contribution in [-0.4, -0.2) is 27.4 Å². The fourth-order valence-electron chi connectivity index (χ4n) is 2.92. The number of carbonyl (C=O) groups is 1. The van der Waals surface area contributed by atoms with E-state index < -0.39 is 0 Å². The molecule has 0 radical (unpaired) electrons. The summed E-state index contributed by atoms with van der Waals surface area (Å²) in [6.07, 6.45) is 5.99. The molecule has 6 nitrogen and oxygen atoms in total.